The molecule has 5 nitrogen and oxygen atoms in total. The molecule has 0 aliphatic rings. The number of carbonyl (C=O) groups is 1. The van der Waals surface area contributed by atoms with Gasteiger partial charge in [0.1, 0.15) is 12.7 Å². The van der Waals surface area contributed by atoms with Crippen molar-refractivity contribution in [2.24, 2.45) is 5.73 Å². The fourth-order valence-corrected chi connectivity index (χ4v) is 2.46. The standard InChI is InChI=1S/C20H25FN2O3/c1-14(6-7-15-8-10-16(11-9-15)20(22)25)23-12-17(24)13-26-19-5-3-2-4-18(19)21/h2-5,8-11,14,17,23-24H,6-7,12-13H2,1H3,(H2,22,25)/t14-,17?/m1/s1. The number of benzene rings is 2. The van der Waals surface area contributed by atoms with Crippen LogP contribution >= 0.6 is 0 Å². The van der Waals surface area contributed by atoms with E-state index in [1.807, 2.05) is 19.1 Å². The van der Waals surface area contributed by atoms with Gasteiger partial charge in [0.15, 0.2) is 11.6 Å². The Morgan fingerprint density at radius 1 is 1.23 bits per heavy atom. The summed E-state index contributed by atoms with van der Waals surface area (Å²) in [6, 6.07) is 13.5. The van der Waals surface area contributed by atoms with Crippen molar-refractivity contribution in [3.8, 4) is 5.75 Å². The van der Waals surface area contributed by atoms with Gasteiger partial charge in [0, 0.05) is 18.2 Å². The molecule has 0 heterocycles. The van der Waals surface area contributed by atoms with Crippen LogP contribution in [0.2, 0.25) is 0 Å². The van der Waals surface area contributed by atoms with Gasteiger partial charge in [-0.2, -0.15) is 0 Å². The van der Waals surface area contributed by atoms with Gasteiger partial charge in [-0.1, -0.05) is 24.3 Å². The van der Waals surface area contributed by atoms with Crippen molar-refractivity contribution in [1.29, 1.82) is 0 Å². The first kappa shape index (κ1) is 19.9. The summed E-state index contributed by atoms with van der Waals surface area (Å²) >= 11 is 0. The molecule has 0 aliphatic carbocycles. The molecule has 140 valence electrons. The monoisotopic (exact) mass is 360 g/mol. The van der Waals surface area contributed by atoms with Gasteiger partial charge in [0.25, 0.3) is 0 Å². The number of hydrogen-bond donors (Lipinski definition) is 3. The lowest BCUT2D eigenvalue weighted by Crippen LogP contribution is -2.36. The molecule has 0 aliphatic heterocycles. The van der Waals surface area contributed by atoms with Crippen LogP contribution in [0.3, 0.4) is 0 Å². The van der Waals surface area contributed by atoms with Gasteiger partial charge in [-0.05, 0) is 49.6 Å². The maximum absolute atomic E-state index is 13.4. The maximum atomic E-state index is 13.4. The van der Waals surface area contributed by atoms with E-state index in [0.29, 0.717) is 12.1 Å². The van der Waals surface area contributed by atoms with Crippen molar-refractivity contribution in [1.82, 2.24) is 5.32 Å². The van der Waals surface area contributed by atoms with Gasteiger partial charge in [0.05, 0.1) is 0 Å². The van der Waals surface area contributed by atoms with Gasteiger partial charge in [-0.3, -0.25) is 4.79 Å². The molecule has 2 aromatic rings. The Morgan fingerprint density at radius 2 is 1.92 bits per heavy atom. The van der Waals surface area contributed by atoms with E-state index in [9.17, 15) is 14.3 Å². The van der Waals surface area contributed by atoms with Crippen molar-refractivity contribution in [2.75, 3.05) is 13.2 Å². The normalized spacial score (nSPS) is 13.2. The van der Waals surface area contributed by atoms with Gasteiger partial charge < -0.3 is 20.9 Å². The number of rotatable bonds is 10. The average molecular weight is 360 g/mol. The number of halogens is 1. The topological polar surface area (TPSA) is 84.6 Å². The second-order valence-corrected chi connectivity index (χ2v) is 6.30. The van der Waals surface area contributed by atoms with Crippen LogP contribution in [0.4, 0.5) is 4.39 Å². The summed E-state index contributed by atoms with van der Waals surface area (Å²) in [5.74, 6) is -0.736. The zero-order chi connectivity index (χ0) is 18.9. The van der Waals surface area contributed by atoms with E-state index in [-0.39, 0.29) is 18.4 Å². The molecule has 0 saturated heterocycles. The van der Waals surface area contributed by atoms with Crippen LogP contribution in [0.25, 0.3) is 0 Å². The number of aliphatic hydroxyl groups excluding tert-OH is 1. The van der Waals surface area contributed by atoms with Crippen LogP contribution < -0.4 is 15.8 Å². The minimum Gasteiger partial charge on any atom is -0.488 e. The fraction of sp³-hybridized carbons (Fsp3) is 0.350. The number of aliphatic hydroxyl groups is 1. The predicted octanol–water partition coefficient (Wildman–Crippen LogP) is 2.28. The molecular weight excluding hydrogens is 335 g/mol. The molecule has 1 unspecified atom stereocenters. The summed E-state index contributed by atoms with van der Waals surface area (Å²) in [5, 5.41) is 13.2. The molecule has 2 atom stereocenters. The van der Waals surface area contributed by atoms with E-state index in [0.717, 1.165) is 18.4 Å². The predicted molar refractivity (Wildman–Crippen MR) is 98.6 cm³/mol. The molecule has 0 aromatic heterocycles. The van der Waals surface area contributed by atoms with E-state index >= 15 is 0 Å². The summed E-state index contributed by atoms with van der Waals surface area (Å²) in [6.45, 7) is 2.41. The minimum atomic E-state index is -0.730. The molecule has 0 fully saturated rings. The third-order valence-corrected chi connectivity index (χ3v) is 4.07. The molecule has 0 radical (unpaired) electrons. The van der Waals surface area contributed by atoms with E-state index in [1.54, 1.807) is 24.3 Å². The molecule has 0 bridgehead atoms. The summed E-state index contributed by atoms with van der Waals surface area (Å²) in [7, 11) is 0. The Kier molecular flexibility index (Phi) is 7.56. The van der Waals surface area contributed by atoms with Gasteiger partial charge >= 0.3 is 0 Å². The first-order valence-electron chi connectivity index (χ1n) is 8.63. The molecule has 2 rings (SSSR count). The Hall–Kier alpha value is -2.44. The third kappa shape index (κ3) is 6.46. The summed E-state index contributed by atoms with van der Waals surface area (Å²) in [5.41, 5.74) is 6.84. The van der Waals surface area contributed by atoms with Crippen molar-refractivity contribution >= 4 is 5.91 Å². The third-order valence-electron chi connectivity index (χ3n) is 4.07. The smallest absolute Gasteiger partial charge is 0.248 e. The van der Waals surface area contributed by atoms with Crippen LogP contribution in [0.5, 0.6) is 5.75 Å². The van der Waals surface area contributed by atoms with Crippen molar-refractivity contribution in [3.63, 3.8) is 0 Å². The first-order valence-corrected chi connectivity index (χ1v) is 8.63. The van der Waals surface area contributed by atoms with E-state index in [4.69, 9.17) is 10.5 Å². The second-order valence-electron chi connectivity index (χ2n) is 6.30. The zero-order valence-corrected chi connectivity index (χ0v) is 14.8. The highest BCUT2D eigenvalue weighted by atomic mass is 19.1. The Balaban J connectivity index is 1.66. The van der Waals surface area contributed by atoms with E-state index in [1.165, 1.54) is 12.1 Å². The largest absolute Gasteiger partial charge is 0.488 e. The zero-order valence-electron chi connectivity index (χ0n) is 14.8. The fourth-order valence-electron chi connectivity index (χ4n) is 2.46. The van der Waals surface area contributed by atoms with Crippen molar-refractivity contribution in [3.05, 3.63) is 65.5 Å². The number of para-hydroxylation sites is 1. The Labute approximate surface area is 153 Å². The number of ether oxygens (including phenoxy) is 1. The number of nitrogens with one attached hydrogen (secondary N) is 1. The van der Waals surface area contributed by atoms with Crippen molar-refractivity contribution in [2.45, 2.75) is 31.9 Å². The average Bonchev–Trinajstić information content (AvgIpc) is 2.64. The molecule has 2 aromatic carbocycles. The second kappa shape index (κ2) is 9.89. The quantitative estimate of drug-likeness (QED) is 0.607. The SMILES string of the molecule is C[C@H](CCc1ccc(C(N)=O)cc1)NCC(O)COc1ccccc1F. The van der Waals surface area contributed by atoms with Crippen LogP contribution in [-0.2, 0) is 6.42 Å². The molecule has 0 saturated carbocycles. The summed E-state index contributed by atoms with van der Waals surface area (Å²) < 4.78 is 18.7. The number of primary amides is 1. The molecule has 6 heteroatoms. The van der Waals surface area contributed by atoms with Gasteiger partial charge in [-0.15, -0.1) is 0 Å². The molecule has 26 heavy (non-hydrogen) atoms. The molecule has 0 spiro atoms. The lowest BCUT2D eigenvalue weighted by Gasteiger charge is -2.18. The Bertz CT molecular complexity index is 706. The molecule has 4 N–H and O–H groups in total. The van der Waals surface area contributed by atoms with E-state index < -0.39 is 17.8 Å². The number of carbonyl (C=O) groups excluding carboxylic acids is 1. The highest BCUT2D eigenvalue weighted by Gasteiger charge is 2.10. The Morgan fingerprint density at radius 3 is 2.58 bits per heavy atom. The minimum absolute atomic E-state index is 0.0230. The molecule has 1 amide bonds. The number of nitrogens with two attached hydrogens (primary N) is 1. The van der Waals surface area contributed by atoms with Crippen LogP contribution in [0, 0.1) is 5.82 Å². The highest BCUT2D eigenvalue weighted by molar-refractivity contribution is 5.92. The number of aryl methyl sites for hydroxylation is 1. The number of amides is 1. The highest BCUT2D eigenvalue weighted by Crippen LogP contribution is 2.15. The number of hydrogen-bond acceptors (Lipinski definition) is 4. The van der Waals surface area contributed by atoms with E-state index in [2.05, 4.69) is 5.32 Å². The van der Waals surface area contributed by atoms with Crippen molar-refractivity contribution < 1.29 is 19.0 Å². The summed E-state index contributed by atoms with van der Waals surface area (Å²) in [6.07, 6.45) is 0.984. The first-order chi connectivity index (χ1) is 12.5. The van der Waals surface area contributed by atoms with Gasteiger partial charge in [-0.25, -0.2) is 4.39 Å². The maximum Gasteiger partial charge on any atom is 0.248 e. The lowest BCUT2D eigenvalue weighted by atomic mass is 10.0. The van der Waals surface area contributed by atoms with Crippen LogP contribution in [0.15, 0.2) is 48.5 Å². The van der Waals surface area contributed by atoms with Crippen LogP contribution in [0.1, 0.15) is 29.3 Å². The lowest BCUT2D eigenvalue weighted by molar-refractivity contribution is 0.1000. The van der Waals surface area contributed by atoms with Gasteiger partial charge in [0.2, 0.25) is 5.91 Å². The summed E-state index contributed by atoms with van der Waals surface area (Å²) in [4.78, 5) is 11.0. The van der Waals surface area contributed by atoms with Crippen LogP contribution in [-0.4, -0.2) is 36.3 Å². The molecular formula is C20H25FN2O3.